The Labute approximate surface area is 203 Å². The molecule has 0 saturated heterocycles. The third-order valence-corrected chi connectivity index (χ3v) is 5.77. The Morgan fingerprint density at radius 3 is 2.78 bits per heavy atom. The van der Waals surface area contributed by atoms with Gasteiger partial charge in [0.05, 0.1) is 28.0 Å². The molecule has 5 rings (SSSR count). The number of hydrogen-bond donors (Lipinski definition) is 1. The van der Waals surface area contributed by atoms with Crippen LogP contribution in [-0.4, -0.2) is 28.4 Å². The number of halogens is 1. The third-order valence-electron chi connectivity index (χ3n) is 5.77. The number of nitro benzene ring substituents is 1. The van der Waals surface area contributed by atoms with Gasteiger partial charge < -0.3 is 14.5 Å². The number of ether oxygens (including phenoxy) is 1. The van der Waals surface area contributed by atoms with E-state index < -0.39 is 34.9 Å². The van der Waals surface area contributed by atoms with Crippen LogP contribution in [0.4, 0.5) is 15.8 Å². The second-order valence-electron chi connectivity index (χ2n) is 8.06. The van der Waals surface area contributed by atoms with Crippen LogP contribution >= 0.6 is 0 Å². The lowest BCUT2D eigenvalue weighted by Crippen LogP contribution is -2.22. The number of amides is 1. The predicted octanol–water partition coefficient (Wildman–Crippen LogP) is 5.16. The molecule has 0 aliphatic heterocycles. The number of esters is 1. The van der Waals surface area contributed by atoms with E-state index in [1.54, 1.807) is 30.5 Å². The minimum absolute atomic E-state index is 0.00658. The zero-order valence-corrected chi connectivity index (χ0v) is 18.7. The summed E-state index contributed by atoms with van der Waals surface area (Å²) in [5.41, 5.74) is 2.51. The van der Waals surface area contributed by atoms with Gasteiger partial charge in [-0.1, -0.05) is 18.2 Å². The number of nitro groups is 1. The summed E-state index contributed by atoms with van der Waals surface area (Å²) >= 11 is 0. The summed E-state index contributed by atoms with van der Waals surface area (Å²) in [4.78, 5) is 40.3. The maximum absolute atomic E-state index is 13.5. The topological polar surface area (TPSA) is 125 Å². The van der Waals surface area contributed by atoms with Crippen molar-refractivity contribution in [2.24, 2.45) is 0 Å². The summed E-state index contributed by atoms with van der Waals surface area (Å²) in [5, 5.41) is 13.9. The summed E-state index contributed by atoms with van der Waals surface area (Å²) in [6, 6.07) is 13.7. The molecule has 0 atom stereocenters. The van der Waals surface area contributed by atoms with Crippen molar-refractivity contribution in [3.05, 3.63) is 99.4 Å². The second kappa shape index (κ2) is 9.41. The highest BCUT2D eigenvalue weighted by atomic mass is 19.1. The average Bonchev–Trinajstić information content (AvgIpc) is 3.52. The Morgan fingerprint density at radius 2 is 2.00 bits per heavy atom. The molecule has 2 aromatic carbocycles. The first-order valence-electron chi connectivity index (χ1n) is 11.0. The molecule has 0 spiro atoms. The number of carbonyl (C=O) groups excluding carboxylic acids is 2. The van der Waals surface area contributed by atoms with E-state index in [1.165, 1.54) is 6.07 Å². The molecule has 0 bridgehead atoms. The van der Waals surface area contributed by atoms with Crippen LogP contribution in [0.1, 0.15) is 33.8 Å². The maximum atomic E-state index is 13.5. The van der Waals surface area contributed by atoms with E-state index >= 15 is 0 Å². The van der Waals surface area contributed by atoms with Crippen molar-refractivity contribution >= 4 is 45.8 Å². The lowest BCUT2D eigenvalue weighted by atomic mass is 10.0. The highest BCUT2D eigenvalue weighted by Gasteiger charge is 2.28. The fourth-order valence-electron chi connectivity index (χ4n) is 4.19. The quantitative estimate of drug-likeness (QED) is 0.226. The van der Waals surface area contributed by atoms with Crippen LogP contribution in [0, 0.1) is 15.9 Å². The second-order valence-corrected chi connectivity index (χ2v) is 8.06. The van der Waals surface area contributed by atoms with Gasteiger partial charge in [-0.25, -0.2) is 9.78 Å². The molecule has 10 heteroatoms. The molecule has 9 nitrogen and oxygen atoms in total. The predicted molar refractivity (Wildman–Crippen MR) is 129 cm³/mol. The van der Waals surface area contributed by atoms with Gasteiger partial charge in [-0.3, -0.25) is 14.9 Å². The van der Waals surface area contributed by atoms with E-state index in [0.29, 0.717) is 40.8 Å². The summed E-state index contributed by atoms with van der Waals surface area (Å²) < 4.78 is 24.3. The first kappa shape index (κ1) is 22.9. The van der Waals surface area contributed by atoms with E-state index in [4.69, 9.17) is 14.1 Å². The number of benzene rings is 2. The molecule has 0 fully saturated rings. The van der Waals surface area contributed by atoms with Crippen molar-refractivity contribution in [3.63, 3.8) is 0 Å². The van der Waals surface area contributed by atoms with E-state index in [1.807, 2.05) is 18.2 Å². The maximum Gasteiger partial charge on any atom is 0.339 e. The lowest BCUT2D eigenvalue weighted by Gasteiger charge is -2.12. The fraction of sp³-hybridized carbons (Fsp3) is 0.115. The van der Waals surface area contributed by atoms with Gasteiger partial charge in [-0.15, -0.1) is 0 Å². The van der Waals surface area contributed by atoms with Gasteiger partial charge in [-0.2, -0.15) is 4.39 Å². The largest absolute Gasteiger partial charge is 0.465 e. The van der Waals surface area contributed by atoms with Crippen LogP contribution in [0.15, 0.2) is 65.3 Å². The van der Waals surface area contributed by atoms with Crippen molar-refractivity contribution < 1.29 is 28.1 Å². The fourth-order valence-corrected chi connectivity index (χ4v) is 4.19. The SMILES string of the molecule is O=C(COC(=O)c1c2c(nc3ccccc13)C(=Cc1ccco1)CC2)Nc1ccc(F)c([N+](=O)[O-])c1. The van der Waals surface area contributed by atoms with E-state index in [-0.39, 0.29) is 5.69 Å². The van der Waals surface area contributed by atoms with Crippen molar-refractivity contribution in [1.29, 1.82) is 0 Å². The average molecular weight is 487 g/mol. The Hall–Kier alpha value is -4.86. The van der Waals surface area contributed by atoms with Gasteiger partial charge >= 0.3 is 11.7 Å². The third kappa shape index (κ3) is 4.43. The van der Waals surface area contributed by atoms with Crippen LogP contribution in [0.5, 0.6) is 0 Å². The van der Waals surface area contributed by atoms with Gasteiger partial charge in [0.2, 0.25) is 5.82 Å². The number of furan rings is 1. The van der Waals surface area contributed by atoms with Gasteiger partial charge in [-0.05, 0) is 60.4 Å². The number of anilines is 1. The van der Waals surface area contributed by atoms with Crippen LogP contribution in [0.25, 0.3) is 22.6 Å². The van der Waals surface area contributed by atoms with Crippen molar-refractivity contribution in [2.45, 2.75) is 12.8 Å². The molecule has 1 N–H and O–H groups in total. The molecule has 180 valence electrons. The molecule has 0 saturated carbocycles. The highest BCUT2D eigenvalue weighted by Crippen LogP contribution is 2.37. The zero-order chi connectivity index (χ0) is 25.2. The van der Waals surface area contributed by atoms with Crippen molar-refractivity contribution in [2.75, 3.05) is 11.9 Å². The molecule has 0 unspecified atom stereocenters. The van der Waals surface area contributed by atoms with Crippen molar-refractivity contribution in [3.8, 4) is 0 Å². The number of aromatic nitrogens is 1. The van der Waals surface area contributed by atoms with E-state index in [9.17, 15) is 24.1 Å². The molecule has 1 aliphatic carbocycles. The molecule has 2 heterocycles. The highest BCUT2D eigenvalue weighted by molar-refractivity contribution is 6.08. The molecule has 2 aromatic heterocycles. The molecular formula is C26H18FN3O6. The lowest BCUT2D eigenvalue weighted by molar-refractivity contribution is -0.387. The summed E-state index contributed by atoms with van der Waals surface area (Å²) in [6.07, 6.45) is 4.69. The molecule has 0 radical (unpaired) electrons. The van der Waals surface area contributed by atoms with Crippen LogP contribution < -0.4 is 5.32 Å². The molecule has 1 aliphatic rings. The standard InChI is InChI=1S/C26H18FN3O6/c27-20-10-8-16(13-22(20)30(33)34)28-23(31)14-36-26(32)24-18-5-1-2-6-21(18)29-25-15(7-9-19(24)25)12-17-4-3-11-35-17/h1-6,8,10-13H,7,9,14H2,(H,28,31). The number of carbonyl (C=O) groups is 2. The summed E-state index contributed by atoms with van der Waals surface area (Å²) in [5.74, 6) is -1.76. The Bertz CT molecular complexity index is 1550. The normalized spacial score (nSPS) is 13.5. The summed E-state index contributed by atoms with van der Waals surface area (Å²) in [7, 11) is 0. The Balaban J connectivity index is 1.39. The van der Waals surface area contributed by atoms with E-state index in [0.717, 1.165) is 23.3 Å². The minimum Gasteiger partial charge on any atom is -0.465 e. The number of rotatable bonds is 6. The van der Waals surface area contributed by atoms with Crippen LogP contribution in [0.2, 0.25) is 0 Å². The molecular weight excluding hydrogens is 469 g/mol. The monoisotopic (exact) mass is 487 g/mol. The smallest absolute Gasteiger partial charge is 0.339 e. The zero-order valence-electron chi connectivity index (χ0n) is 18.7. The first-order valence-corrected chi connectivity index (χ1v) is 11.0. The summed E-state index contributed by atoms with van der Waals surface area (Å²) in [6.45, 7) is -0.634. The molecule has 36 heavy (non-hydrogen) atoms. The molecule has 1 amide bonds. The number of para-hydroxylation sites is 1. The van der Waals surface area contributed by atoms with Gasteiger partial charge in [0.15, 0.2) is 6.61 Å². The van der Waals surface area contributed by atoms with Gasteiger partial charge in [0, 0.05) is 17.1 Å². The van der Waals surface area contributed by atoms with Gasteiger partial charge in [0.1, 0.15) is 5.76 Å². The van der Waals surface area contributed by atoms with Crippen LogP contribution in [0.3, 0.4) is 0 Å². The number of nitrogens with zero attached hydrogens (tertiary/aromatic N) is 2. The first-order chi connectivity index (χ1) is 17.4. The Morgan fingerprint density at radius 1 is 1.17 bits per heavy atom. The van der Waals surface area contributed by atoms with E-state index in [2.05, 4.69) is 5.32 Å². The number of pyridine rings is 1. The number of fused-ring (bicyclic) bond motifs is 2. The Kier molecular flexibility index (Phi) is 5.99. The number of nitrogens with one attached hydrogen (secondary N) is 1. The number of allylic oxidation sites excluding steroid dienone is 1. The van der Waals surface area contributed by atoms with Crippen LogP contribution in [-0.2, 0) is 16.0 Å². The van der Waals surface area contributed by atoms with Crippen molar-refractivity contribution in [1.82, 2.24) is 4.98 Å². The van der Waals surface area contributed by atoms with Gasteiger partial charge in [0.25, 0.3) is 5.91 Å². The minimum atomic E-state index is -1.02. The number of hydrogen-bond acceptors (Lipinski definition) is 7. The molecule has 4 aromatic rings.